The summed E-state index contributed by atoms with van der Waals surface area (Å²) in [6.07, 6.45) is 3.62. The highest BCUT2D eigenvalue weighted by Crippen LogP contribution is 2.36. The fourth-order valence-corrected chi connectivity index (χ4v) is 5.21. The van der Waals surface area contributed by atoms with Crippen LogP contribution in [0.15, 0.2) is 83.9 Å². The molecule has 35 heavy (non-hydrogen) atoms. The summed E-state index contributed by atoms with van der Waals surface area (Å²) in [5.74, 6) is 0.208. The molecule has 4 rings (SSSR count). The second kappa shape index (κ2) is 9.56. The maximum absolute atomic E-state index is 11.8. The molecule has 4 nitrogen and oxygen atoms in total. The van der Waals surface area contributed by atoms with Gasteiger partial charge in [-0.15, -0.1) is 0 Å². The number of rotatable bonds is 7. The van der Waals surface area contributed by atoms with E-state index in [0.29, 0.717) is 17.2 Å². The third-order valence-electron chi connectivity index (χ3n) is 6.64. The van der Waals surface area contributed by atoms with Gasteiger partial charge in [0.25, 0.3) is 0 Å². The van der Waals surface area contributed by atoms with Gasteiger partial charge in [-0.05, 0) is 78.8 Å². The number of fused-ring (bicyclic) bond motifs is 1. The van der Waals surface area contributed by atoms with E-state index in [4.69, 9.17) is 0 Å². The molecule has 0 aliphatic heterocycles. The first-order valence-corrected chi connectivity index (χ1v) is 13.8. The normalized spacial score (nSPS) is 13.3. The second-order valence-corrected chi connectivity index (χ2v) is 12.3. The first kappa shape index (κ1) is 25.1. The Labute approximate surface area is 208 Å². The largest absolute Gasteiger partial charge is 0.390 e. The Balaban J connectivity index is 1.77. The van der Waals surface area contributed by atoms with Crippen LogP contribution in [0.25, 0.3) is 22.0 Å². The fraction of sp³-hybridized carbons (Fsp3) is 0.300. The average molecular weight is 488 g/mol. The van der Waals surface area contributed by atoms with Crippen molar-refractivity contribution in [2.45, 2.75) is 56.4 Å². The molecule has 0 saturated heterocycles. The molecule has 0 saturated carbocycles. The predicted molar refractivity (Wildman–Crippen MR) is 144 cm³/mol. The lowest BCUT2D eigenvalue weighted by atomic mass is 9.79. The molecule has 0 radical (unpaired) electrons. The summed E-state index contributed by atoms with van der Waals surface area (Å²) >= 11 is 0. The molecule has 0 bridgehead atoms. The minimum atomic E-state index is -3.25. The number of hydrogen-bond donors (Lipinski definition) is 1. The van der Waals surface area contributed by atoms with Gasteiger partial charge in [-0.25, -0.2) is 8.42 Å². The van der Waals surface area contributed by atoms with Gasteiger partial charge in [-0.2, -0.15) is 0 Å². The van der Waals surface area contributed by atoms with Crippen molar-refractivity contribution in [1.29, 1.82) is 0 Å². The van der Waals surface area contributed by atoms with Gasteiger partial charge in [0.15, 0.2) is 9.84 Å². The molecule has 1 unspecified atom stereocenters. The van der Waals surface area contributed by atoms with Crippen molar-refractivity contribution in [2.24, 2.45) is 0 Å². The van der Waals surface area contributed by atoms with Crippen molar-refractivity contribution in [3.63, 3.8) is 0 Å². The minimum Gasteiger partial charge on any atom is -0.390 e. The van der Waals surface area contributed by atoms with Crippen LogP contribution in [0, 0.1) is 0 Å². The zero-order valence-corrected chi connectivity index (χ0v) is 21.8. The van der Waals surface area contributed by atoms with Gasteiger partial charge in [0.05, 0.1) is 16.0 Å². The van der Waals surface area contributed by atoms with Crippen molar-refractivity contribution in [3.8, 4) is 11.1 Å². The summed E-state index contributed by atoms with van der Waals surface area (Å²) in [6, 6.07) is 23.8. The maximum Gasteiger partial charge on any atom is 0.175 e. The smallest absolute Gasteiger partial charge is 0.175 e. The van der Waals surface area contributed by atoms with Crippen LogP contribution in [0.4, 0.5) is 0 Å². The highest BCUT2D eigenvalue weighted by atomic mass is 32.2. The van der Waals surface area contributed by atoms with Crippen molar-refractivity contribution in [2.75, 3.05) is 6.26 Å². The fourth-order valence-electron chi connectivity index (χ4n) is 4.58. The Kier molecular flexibility index (Phi) is 6.85. The van der Waals surface area contributed by atoms with E-state index in [1.807, 2.05) is 44.3 Å². The summed E-state index contributed by atoms with van der Waals surface area (Å²) in [5, 5.41) is 12.2. The second-order valence-electron chi connectivity index (χ2n) is 10.3. The van der Waals surface area contributed by atoms with E-state index in [2.05, 4.69) is 55.2 Å². The third-order valence-corrected chi connectivity index (χ3v) is 7.77. The van der Waals surface area contributed by atoms with Crippen LogP contribution < -0.4 is 0 Å². The predicted octanol–water partition coefficient (Wildman–Crippen LogP) is 6.53. The molecule has 0 amide bonds. The van der Waals surface area contributed by atoms with Crippen molar-refractivity contribution in [3.05, 3.63) is 95.7 Å². The highest BCUT2D eigenvalue weighted by Gasteiger charge is 2.29. The van der Waals surface area contributed by atoms with Crippen LogP contribution in [0.1, 0.15) is 56.2 Å². The first-order chi connectivity index (χ1) is 16.4. The SMILES string of the molecule is CC(C)c1cc(-c2cccc(C(Cc3ccc(S(C)(=O)=O)cc3)C(C)(C)O)c2)c2ncccc2c1. The molecule has 1 atom stereocenters. The van der Waals surface area contributed by atoms with Crippen LogP contribution in [-0.2, 0) is 16.3 Å². The lowest BCUT2D eigenvalue weighted by Gasteiger charge is -2.30. The van der Waals surface area contributed by atoms with E-state index in [-0.39, 0.29) is 5.92 Å². The summed E-state index contributed by atoms with van der Waals surface area (Å²) < 4.78 is 23.7. The Bertz CT molecular complexity index is 1450. The number of pyridine rings is 1. The van der Waals surface area contributed by atoms with E-state index in [9.17, 15) is 13.5 Å². The van der Waals surface area contributed by atoms with Gasteiger partial charge in [0, 0.05) is 29.3 Å². The molecular formula is C30H33NO3S. The van der Waals surface area contributed by atoms with Crippen LogP contribution in [-0.4, -0.2) is 30.4 Å². The van der Waals surface area contributed by atoms with Gasteiger partial charge in [-0.3, -0.25) is 4.98 Å². The molecule has 1 N–H and O–H groups in total. The lowest BCUT2D eigenvalue weighted by molar-refractivity contribution is 0.0496. The van der Waals surface area contributed by atoms with Gasteiger partial charge in [0.1, 0.15) is 0 Å². The molecule has 1 aromatic heterocycles. The molecule has 0 aliphatic rings. The molecule has 3 aromatic carbocycles. The molecule has 0 fully saturated rings. The van der Waals surface area contributed by atoms with Crippen LogP contribution >= 0.6 is 0 Å². The van der Waals surface area contributed by atoms with Crippen LogP contribution in [0.2, 0.25) is 0 Å². The molecule has 5 heteroatoms. The van der Waals surface area contributed by atoms with Gasteiger partial charge in [-0.1, -0.05) is 56.3 Å². The standard InChI is InChI=1S/C30H33NO3S/c1-20(2)25-18-24-10-7-15-31-29(24)27(19-25)22-8-6-9-23(17-22)28(30(3,4)32)16-21-11-13-26(14-12-21)35(5,33)34/h6-15,17-20,28,32H,16H2,1-5H3. The number of nitrogens with zero attached hydrogens (tertiary/aromatic N) is 1. The molecular weight excluding hydrogens is 454 g/mol. The summed E-state index contributed by atoms with van der Waals surface area (Å²) in [4.78, 5) is 4.98. The highest BCUT2D eigenvalue weighted by molar-refractivity contribution is 7.90. The molecule has 4 aromatic rings. The average Bonchev–Trinajstić information content (AvgIpc) is 2.81. The summed E-state index contributed by atoms with van der Waals surface area (Å²) in [5.41, 5.74) is 5.40. The zero-order valence-electron chi connectivity index (χ0n) is 21.0. The summed E-state index contributed by atoms with van der Waals surface area (Å²) in [6.45, 7) is 8.03. The van der Waals surface area contributed by atoms with Gasteiger partial charge < -0.3 is 5.11 Å². The monoisotopic (exact) mass is 487 g/mol. The Morgan fingerprint density at radius 2 is 1.63 bits per heavy atom. The number of aromatic nitrogens is 1. The van der Waals surface area contributed by atoms with Crippen molar-refractivity contribution >= 4 is 20.7 Å². The van der Waals surface area contributed by atoms with Crippen molar-refractivity contribution < 1.29 is 13.5 Å². The number of sulfone groups is 1. The van der Waals surface area contributed by atoms with E-state index in [0.717, 1.165) is 33.2 Å². The topological polar surface area (TPSA) is 67.3 Å². The van der Waals surface area contributed by atoms with E-state index < -0.39 is 15.4 Å². The molecule has 182 valence electrons. The third kappa shape index (κ3) is 5.63. The number of hydrogen-bond acceptors (Lipinski definition) is 4. The minimum absolute atomic E-state index is 0.181. The van der Waals surface area contributed by atoms with Crippen LogP contribution in [0.3, 0.4) is 0 Å². The Morgan fingerprint density at radius 1 is 0.914 bits per heavy atom. The quantitative estimate of drug-likeness (QED) is 0.322. The molecule has 1 heterocycles. The van der Waals surface area contributed by atoms with Crippen LogP contribution in [0.5, 0.6) is 0 Å². The van der Waals surface area contributed by atoms with E-state index >= 15 is 0 Å². The van der Waals surface area contributed by atoms with Crippen molar-refractivity contribution in [1.82, 2.24) is 4.98 Å². The van der Waals surface area contributed by atoms with E-state index in [1.54, 1.807) is 12.1 Å². The first-order valence-electron chi connectivity index (χ1n) is 11.9. The molecule has 0 spiro atoms. The zero-order chi connectivity index (χ0) is 25.4. The Hall–Kier alpha value is -3.02. The maximum atomic E-state index is 11.8. The Morgan fingerprint density at radius 3 is 2.26 bits per heavy atom. The lowest BCUT2D eigenvalue weighted by Crippen LogP contribution is -2.30. The summed E-state index contributed by atoms with van der Waals surface area (Å²) in [7, 11) is -3.25. The number of aliphatic hydroxyl groups is 1. The van der Waals surface area contributed by atoms with E-state index in [1.165, 1.54) is 11.8 Å². The van der Waals surface area contributed by atoms with Gasteiger partial charge >= 0.3 is 0 Å². The number of benzene rings is 3. The van der Waals surface area contributed by atoms with Gasteiger partial charge in [0.2, 0.25) is 0 Å². The molecule has 0 aliphatic carbocycles.